The van der Waals surface area contributed by atoms with Crippen LogP contribution in [-0.4, -0.2) is 61.0 Å². The number of amides is 1. The van der Waals surface area contributed by atoms with Gasteiger partial charge >= 0.3 is 0 Å². The molecule has 2 heterocycles. The number of piperazine rings is 1. The molecule has 2 fully saturated rings. The van der Waals surface area contributed by atoms with E-state index in [4.69, 9.17) is 0 Å². The lowest BCUT2D eigenvalue weighted by Gasteiger charge is -2.29. The first-order valence-corrected chi connectivity index (χ1v) is 6.39. The van der Waals surface area contributed by atoms with Crippen LogP contribution in [0.25, 0.3) is 0 Å². The largest absolute Gasteiger partial charge is 0.340 e. The van der Waals surface area contributed by atoms with Crippen LogP contribution in [0.3, 0.4) is 0 Å². The molecule has 4 heteroatoms. The summed E-state index contributed by atoms with van der Waals surface area (Å²) in [6, 6.07) is 0.362. The van der Waals surface area contributed by atoms with E-state index in [1.54, 1.807) is 0 Å². The monoisotopic (exact) mass is 225 g/mol. The molecule has 0 bridgehead atoms. The van der Waals surface area contributed by atoms with Crippen molar-refractivity contribution in [2.75, 3.05) is 39.3 Å². The van der Waals surface area contributed by atoms with Gasteiger partial charge in [0.05, 0.1) is 0 Å². The summed E-state index contributed by atoms with van der Waals surface area (Å²) in [4.78, 5) is 16.3. The van der Waals surface area contributed by atoms with E-state index < -0.39 is 0 Å². The molecule has 2 aliphatic rings. The Kier molecular flexibility index (Phi) is 3.82. The van der Waals surface area contributed by atoms with E-state index in [9.17, 15) is 4.79 Å². The second-order valence-corrected chi connectivity index (χ2v) is 5.26. The van der Waals surface area contributed by atoms with Crippen molar-refractivity contribution in [2.24, 2.45) is 5.92 Å². The number of likely N-dealkylation sites (tertiary alicyclic amines) is 1. The van der Waals surface area contributed by atoms with Crippen molar-refractivity contribution < 1.29 is 4.79 Å². The van der Waals surface area contributed by atoms with E-state index in [0.29, 0.717) is 17.9 Å². The van der Waals surface area contributed by atoms with Gasteiger partial charge in [-0.3, -0.25) is 4.79 Å². The Hall–Kier alpha value is -0.610. The summed E-state index contributed by atoms with van der Waals surface area (Å²) in [5.41, 5.74) is 0. The molecule has 1 N–H and O–H groups in total. The maximum Gasteiger partial charge on any atom is 0.223 e. The minimum Gasteiger partial charge on any atom is -0.340 e. The highest BCUT2D eigenvalue weighted by Gasteiger charge is 2.32. The molecule has 4 nitrogen and oxygen atoms in total. The molecule has 92 valence electrons. The van der Waals surface area contributed by atoms with Crippen LogP contribution in [0, 0.1) is 5.92 Å². The van der Waals surface area contributed by atoms with Gasteiger partial charge < -0.3 is 15.1 Å². The van der Waals surface area contributed by atoms with Gasteiger partial charge in [0, 0.05) is 51.7 Å². The summed E-state index contributed by atoms with van der Waals surface area (Å²) in [5, 5.41) is 3.36. The molecule has 0 aromatic carbocycles. The van der Waals surface area contributed by atoms with Crippen molar-refractivity contribution in [2.45, 2.75) is 26.3 Å². The first-order chi connectivity index (χ1) is 7.66. The summed E-state index contributed by atoms with van der Waals surface area (Å²) >= 11 is 0. The molecule has 2 rings (SSSR count). The molecule has 0 spiro atoms. The normalized spacial score (nSPS) is 28.1. The lowest BCUT2D eigenvalue weighted by Crippen LogP contribution is -2.45. The third-order valence-corrected chi connectivity index (χ3v) is 3.59. The number of carbonyl (C=O) groups is 1. The maximum atomic E-state index is 11.8. The molecule has 2 aliphatic heterocycles. The molecule has 0 aliphatic carbocycles. The van der Waals surface area contributed by atoms with E-state index >= 15 is 0 Å². The van der Waals surface area contributed by atoms with Crippen molar-refractivity contribution in [1.29, 1.82) is 0 Å². The van der Waals surface area contributed by atoms with Gasteiger partial charge in [-0.1, -0.05) is 0 Å². The molecule has 0 saturated carbocycles. The standard InChI is InChI=1S/C12H23N3O/c1-10(2)15-9-11(7-12(15)16)8-14-5-3-13-4-6-14/h10-11,13H,3-9H2,1-2H3. The molecule has 1 amide bonds. The third kappa shape index (κ3) is 2.74. The van der Waals surface area contributed by atoms with E-state index in [0.717, 1.165) is 45.7 Å². The predicted octanol–water partition coefficient (Wildman–Crippen LogP) is 0.149. The average Bonchev–Trinajstić information content (AvgIpc) is 2.61. The van der Waals surface area contributed by atoms with Crippen LogP contribution in [0.2, 0.25) is 0 Å². The summed E-state index contributed by atoms with van der Waals surface area (Å²) in [5.74, 6) is 0.892. The predicted molar refractivity (Wildman–Crippen MR) is 64.3 cm³/mol. The van der Waals surface area contributed by atoms with E-state index in [2.05, 4.69) is 24.1 Å². The lowest BCUT2D eigenvalue weighted by molar-refractivity contribution is -0.129. The molecule has 1 unspecified atom stereocenters. The average molecular weight is 225 g/mol. The van der Waals surface area contributed by atoms with Crippen LogP contribution < -0.4 is 5.32 Å². The van der Waals surface area contributed by atoms with Crippen molar-refractivity contribution in [3.8, 4) is 0 Å². The fraction of sp³-hybridized carbons (Fsp3) is 0.917. The SMILES string of the molecule is CC(C)N1CC(CN2CCNCC2)CC1=O. The number of carbonyl (C=O) groups excluding carboxylic acids is 1. The zero-order chi connectivity index (χ0) is 11.5. The number of nitrogens with zero attached hydrogens (tertiary/aromatic N) is 2. The fourth-order valence-electron chi connectivity index (χ4n) is 2.69. The topological polar surface area (TPSA) is 35.6 Å². The Labute approximate surface area is 98.0 Å². The van der Waals surface area contributed by atoms with Crippen LogP contribution in [-0.2, 0) is 4.79 Å². The number of rotatable bonds is 3. The van der Waals surface area contributed by atoms with Crippen LogP contribution in [0.1, 0.15) is 20.3 Å². The zero-order valence-corrected chi connectivity index (χ0v) is 10.4. The van der Waals surface area contributed by atoms with Gasteiger partial charge in [0.2, 0.25) is 5.91 Å². The van der Waals surface area contributed by atoms with Crippen LogP contribution in [0.4, 0.5) is 0 Å². The molecule has 0 aromatic rings. The second kappa shape index (κ2) is 5.15. The Morgan fingerprint density at radius 2 is 2.06 bits per heavy atom. The number of hydrogen-bond acceptors (Lipinski definition) is 3. The number of hydrogen-bond donors (Lipinski definition) is 1. The molecule has 2 saturated heterocycles. The Bertz CT molecular complexity index is 249. The van der Waals surface area contributed by atoms with Gasteiger partial charge in [0.1, 0.15) is 0 Å². The Morgan fingerprint density at radius 1 is 1.38 bits per heavy atom. The molecular weight excluding hydrogens is 202 g/mol. The minimum absolute atomic E-state index is 0.343. The second-order valence-electron chi connectivity index (χ2n) is 5.26. The summed E-state index contributed by atoms with van der Waals surface area (Å²) in [7, 11) is 0. The van der Waals surface area contributed by atoms with Crippen LogP contribution >= 0.6 is 0 Å². The van der Waals surface area contributed by atoms with Crippen molar-refractivity contribution in [3.05, 3.63) is 0 Å². The van der Waals surface area contributed by atoms with Crippen molar-refractivity contribution in [3.63, 3.8) is 0 Å². The lowest BCUT2D eigenvalue weighted by atomic mass is 10.1. The Balaban J connectivity index is 1.81. The first-order valence-electron chi connectivity index (χ1n) is 6.39. The maximum absolute atomic E-state index is 11.8. The minimum atomic E-state index is 0.343. The van der Waals surface area contributed by atoms with Crippen molar-refractivity contribution >= 4 is 5.91 Å². The smallest absolute Gasteiger partial charge is 0.223 e. The Morgan fingerprint density at radius 3 is 2.62 bits per heavy atom. The highest BCUT2D eigenvalue weighted by Crippen LogP contribution is 2.21. The molecule has 0 aromatic heterocycles. The van der Waals surface area contributed by atoms with E-state index in [1.807, 2.05) is 4.90 Å². The van der Waals surface area contributed by atoms with Crippen molar-refractivity contribution in [1.82, 2.24) is 15.1 Å². The molecule has 16 heavy (non-hydrogen) atoms. The van der Waals surface area contributed by atoms with Crippen LogP contribution in [0.5, 0.6) is 0 Å². The van der Waals surface area contributed by atoms with Gasteiger partial charge in [-0.25, -0.2) is 0 Å². The fourth-order valence-corrected chi connectivity index (χ4v) is 2.69. The summed E-state index contributed by atoms with van der Waals surface area (Å²) in [6.45, 7) is 10.7. The van der Waals surface area contributed by atoms with Crippen LogP contribution in [0.15, 0.2) is 0 Å². The van der Waals surface area contributed by atoms with Gasteiger partial charge in [-0.15, -0.1) is 0 Å². The van der Waals surface area contributed by atoms with Gasteiger partial charge in [-0.2, -0.15) is 0 Å². The zero-order valence-electron chi connectivity index (χ0n) is 10.4. The highest BCUT2D eigenvalue weighted by atomic mass is 16.2. The summed E-state index contributed by atoms with van der Waals surface area (Å²) < 4.78 is 0. The highest BCUT2D eigenvalue weighted by molar-refractivity contribution is 5.78. The van der Waals surface area contributed by atoms with Gasteiger partial charge in [0.25, 0.3) is 0 Å². The first kappa shape index (κ1) is 11.9. The van der Waals surface area contributed by atoms with Gasteiger partial charge in [0.15, 0.2) is 0 Å². The van der Waals surface area contributed by atoms with E-state index in [-0.39, 0.29) is 0 Å². The third-order valence-electron chi connectivity index (χ3n) is 3.59. The quantitative estimate of drug-likeness (QED) is 0.742. The number of nitrogens with one attached hydrogen (secondary N) is 1. The van der Waals surface area contributed by atoms with E-state index in [1.165, 1.54) is 0 Å². The summed E-state index contributed by atoms with van der Waals surface area (Å²) in [6.07, 6.45) is 0.752. The molecule has 1 atom stereocenters. The molecule has 0 radical (unpaired) electrons. The molecular formula is C12H23N3O. The van der Waals surface area contributed by atoms with Gasteiger partial charge in [-0.05, 0) is 19.8 Å².